The van der Waals surface area contributed by atoms with Crippen molar-refractivity contribution >= 4 is 0 Å². The van der Waals surface area contributed by atoms with Gasteiger partial charge >= 0.3 is 0 Å². The summed E-state index contributed by atoms with van der Waals surface area (Å²) >= 11 is 0. The zero-order valence-corrected chi connectivity index (χ0v) is 16.7. The van der Waals surface area contributed by atoms with Gasteiger partial charge in [-0.1, -0.05) is 42.5 Å². The highest BCUT2D eigenvalue weighted by Gasteiger charge is 2.39. The van der Waals surface area contributed by atoms with Crippen molar-refractivity contribution in [1.29, 1.82) is 0 Å². The predicted octanol–water partition coefficient (Wildman–Crippen LogP) is 2.89. The molecule has 146 valence electrons. The smallest absolute Gasteiger partial charge is 0.276 e. The van der Waals surface area contributed by atoms with Crippen molar-refractivity contribution in [2.45, 2.75) is 32.4 Å². The van der Waals surface area contributed by atoms with Crippen molar-refractivity contribution in [2.75, 3.05) is 13.1 Å². The monoisotopic (exact) mass is 377 g/mol. The number of benzene rings is 2. The Bertz CT molecular complexity index is 1050. The minimum absolute atomic E-state index is 0.0116. The zero-order chi connectivity index (χ0) is 19.9. The molecule has 2 heterocycles. The molecule has 5 nitrogen and oxygen atoms in total. The van der Waals surface area contributed by atoms with Gasteiger partial charge in [0.15, 0.2) is 0 Å². The topological polar surface area (TPSA) is 50.4 Å². The summed E-state index contributed by atoms with van der Waals surface area (Å²) < 4.78 is 3.63. The van der Waals surface area contributed by atoms with E-state index in [0.717, 1.165) is 34.6 Å². The molecule has 0 saturated carbocycles. The Kier molecular flexibility index (Phi) is 4.73. The molecule has 0 unspecified atom stereocenters. The number of nitrogens with zero attached hydrogens (tertiary/aromatic N) is 3. The van der Waals surface area contributed by atoms with E-state index in [4.69, 9.17) is 0 Å². The van der Waals surface area contributed by atoms with Crippen molar-refractivity contribution in [2.24, 2.45) is 7.05 Å². The van der Waals surface area contributed by atoms with E-state index >= 15 is 0 Å². The quantitative estimate of drug-likeness (QED) is 0.761. The molecule has 2 aromatic carbocycles. The number of aliphatic hydroxyl groups is 1. The standard InChI is InChI=1S/C23H27N3O2/c1-17-9-7-8-12-21(17)23(28)13-14-25(16-23)15-20-18(2)24(3)26(22(20)27)19-10-5-4-6-11-19/h4-12,28H,13-16H2,1-3H3/t23-/m0/s1. The van der Waals surface area contributed by atoms with Crippen LogP contribution in [0.15, 0.2) is 59.4 Å². The van der Waals surface area contributed by atoms with E-state index in [1.54, 1.807) is 4.68 Å². The normalized spacial score (nSPS) is 20.0. The van der Waals surface area contributed by atoms with E-state index in [0.29, 0.717) is 19.5 Å². The molecule has 4 rings (SSSR count). The summed E-state index contributed by atoms with van der Waals surface area (Å²) in [4.78, 5) is 15.3. The molecular formula is C23H27N3O2. The lowest BCUT2D eigenvalue weighted by molar-refractivity contribution is 0.0446. The third-order valence-electron chi connectivity index (χ3n) is 6.03. The van der Waals surface area contributed by atoms with Crippen LogP contribution in [0.3, 0.4) is 0 Å². The highest BCUT2D eigenvalue weighted by molar-refractivity contribution is 5.34. The van der Waals surface area contributed by atoms with E-state index in [9.17, 15) is 9.90 Å². The molecule has 0 aliphatic carbocycles. The first-order chi connectivity index (χ1) is 13.4. The van der Waals surface area contributed by atoms with Gasteiger partial charge in [0.1, 0.15) is 5.60 Å². The van der Waals surface area contributed by atoms with E-state index in [1.807, 2.05) is 80.2 Å². The number of likely N-dealkylation sites (tertiary alicyclic amines) is 1. The van der Waals surface area contributed by atoms with Gasteiger partial charge in [0.05, 0.1) is 11.3 Å². The SMILES string of the molecule is Cc1ccccc1[C@]1(O)CCN(Cc2c(C)n(C)n(-c3ccccc3)c2=O)C1. The van der Waals surface area contributed by atoms with Crippen molar-refractivity contribution in [3.05, 3.63) is 87.3 Å². The van der Waals surface area contributed by atoms with Crippen LogP contribution < -0.4 is 5.56 Å². The van der Waals surface area contributed by atoms with Crippen molar-refractivity contribution in [1.82, 2.24) is 14.3 Å². The number of para-hydroxylation sites is 1. The molecule has 0 spiro atoms. The van der Waals surface area contributed by atoms with Crippen LogP contribution in [0.2, 0.25) is 0 Å². The number of hydrogen-bond acceptors (Lipinski definition) is 3. The molecule has 5 heteroatoms. The molecule has 1 atom stereocenters. The Morgan fingerprint density at radius 3 is 2.43 bits per heavy atom. The van der Waals surface area contributed by atoms with Crippen LogP contribution in [-0.2, 0) is 19.2 Å². The van der Waals surface area contributed by atoms with Crippen LogP contribution in [0.4, 0.5) is 0 Å². The molecule has 0 amide bonds. The first kappa shape index (κ1) is 18.7. The van der Waals surface area contributed by atoms with Crippen molar-refractivity contribution in [3.63, 3.8) is 0 Å². The van der Waals surface area contributed by atoms with E-state index in [2.05, 4.69) is 4.90 Å². The number of aryl methyl sites for hydroxylation is 1. The number of rotatable bonds is 4. The van der Waals surface area contributed by atoms with Crippen LogP contribution >= 0.6 is 0 Å². The highest BCUT2D eigenvalue weighted by atomic mass is 16.3. The summed E-state index contributed by atoms with van der Waals surface area (Å²) in [5.41, 5.74) is 3.87. The largest absolute Gasteiger partial charge is 0.384 e. The third-order valence-corrected chi connectivity index (χ3v) is 6.03. The number of β-amino-alcohol motifs (C(OH)–C–C–N with tert-alkyl or cyclic N) is 1. The van der Waals surface area contributed by atoms with Crippen molar-refractivity contribution in [3.8, 4) is 5.69 Å². The Balaban J connectivity index is 1.61. The fraction of sp³-hybridized carbons (Fsp3) is 0.348. The first-order valence-corrected chi connectivity index (χ1v) is 9.74. The molecule has 3 aromatic rings. The summed E-state index contributed by atoms with van der Waals surface area (Å²) in [7, 11) is 1.92. The van der Waals surface area contributed by atoms with E-state index < -0.39 is 5.60 Å². The second kappa shape index (κ2) is 7.08. The van der Waals surface area contributed by atoms with Crippen LogP contribution in [0, 0.1) is 13.8 Å². The molecule has 1 saturated heterocycles. The molecular weight excluding hydrogens is 350 g/mol. The van der Waals surface area contributed by atoms with Crippen LogP contribution in [0.5, 0.6) is 0 Å². The Labute approximate surface area is 165 Å². The maximum absolute atomic E-state index is 13.1. The second-order valence-electron chi connectivity index (χ2n) is 7.85. The van der Waals surface area contributed by atoms with Crippen LogP contribution in [-0.4, -0.2) is 32.5 Å². The van der Waals surface area contributed by atoms with Gasteiger partial charge in [-0.3, -0.25) is 14.4 Å². The zero-order valence-electron chi connectivity index (χ0n) is 16.7. The van der Waals surface area contributed by atoms with E-state index in [1.165, 1.54) is 0 Å². The number of hydrogen-bond donors (Lipinski definition) is 1. The number of aromatic nitrogens is 2. The average molecular weight is 377 g/mol. The first-order valence-electron chi connectivity index (χ1n) is 9.74. The molecule has 1 aliphatic heterocycles. The minimum Gasteiger partial charge on any atom is -0.384 e. The molecule has 1 fully saturated rings. The van der Waals surface area contributed by atoms with Gasteiger partial charge in [-0.25, -0.2) is 4.68 Å². The molecule has 1 N–H and O–H groups in total. The fourth-order valence-electron chi connectivity index (χ4n) is 4.35. The maximum Gasteiger partial charge on any atom is 0.276 e. The highest BCUT2D eigenvalue weighted by Crippen LogP contribution is 2.34. The Morgan fingerprint density at radius 2 is 1.71 bits per heavy atom. The summed E-state index contributed by atoms with van der Waals surface area (Å²) in [6.45, 7) is 5.88. The van der Waals surface area contributed by atoms with Gasteiger partial charge in [0.25, 0.3) is 5.56 Å². The molecule has 0 radical (unpaired) electrons. The van der Waals surface area contributed by atoms with Gasteiger partial charge in [0, 0.05) is 32.4 Å². The lowest BCUT2D eigenvalue weighted by Crippen LogP contribution is -2.32. The van der Waals surface area contributed by atoms with Crippen LogP contribution in [0.1, 0.15) is 28.8 Å². The molecule has 1 aliphatic rings. The minimum atomic E-state index is -0.855. The summed E-state index contributed by atoms with van der Waals surface area (Å²) in [6.07, 6.45) is 0.677. The van der Waals surface area contributed by atoms with Crippen molar-refractivity contribution < 1.29 is 5.11 Å². The van der Waals surface area contributed by atoms with E-state index in [-0.39, 0.29) is 5.56 Å². The average Bonchev–Trinajstić information content (AvgIpc) is 3.17. The molecule has 28 heavy (non-hydrogen) atoms. The van der Waals surface area contributed by atoms with Gasteiger partial charge in [-0.05, 0) is 43.5 Å². The predicted molar refractivity (Wildman–Crippen MR) is 111 cm³/mol. The summed E-state index contributed by atoms with van der Waals surface area (Å²) in [6, 6.07) is 17.7. The van der Waals surface area contributed by atoms with Gasteiger partial charge in [-0.15, -0.1) is 0 Å². The van der Waals surface area contributed by atoms with Gasteiger partial charge in [-0.2, -0.15) is 0 Å². The fourth-order valence-corrected chi connectivity index (χ4v) is 4.35. The summed E-state index contributed by atoms with van der Waals surface area (Å²) in [5, 5.41) is 11.2. The lowest BCUT2D eigenvalue weighted by atomic mass is 9.89. The van der Waals surface area contributed by atoms with Gasteiger partial charge < -0.3 is 5.11 Å². The summed E-state index contributed by atoms with van der Waals surface area (Å²) in [5.74, 6) is 0. The lowest BCUT2D eigenvalue weighted by Gasteiger charge is -2.25. The van der Waals surface area contributed by atoms with Crippen LogP contribution in [0.25, 0.3) is 5.69 Å². The third kappa shape index (κ3) is 3.11. The maximum atomic E-state index is 13.1. The second-order valence-corrected chi connectivity index (χ2v) is 7.85. The molecule has 0 bridgehead atoms. The Morgan fingerprint density at radius 1 is 1.04 bits per heavy atom. The molecule has 1 aromatic heterocycles. The van der Waals surface area contributed by atoms with Gasteiger partial charge in [0.2, 0.25) is 0 Å². The Hall–Kier alpha value is -2.63.